The summed E-state index contributed by atoms with van der Waals surface area (Å²) in [6.45, 7) is 7.00. The van der Waals surface area contributed by atoms with Gasteiger partial charge < -0.3 is 15.2 Å². The maximum Gasteiger partial charge on any atom is 0.168 e. The molecule has 6 rings (SSSR count). The Balaban J connectivity index is 1.05. The Labute approximate surface area is 245 Å². The van der Waals surface area contributed by atoms with E-state index in [1.807, 2.05) is 28.8 Å². The number of hydrogen-bond donors (Lipinski definition) is 2. The van der Waals surface area contributed by atoms with Gasteiger partial charge in [-0.1, -0.05) is 24.3 Å². The highest BCUT2D eigenvalue weighted by Crippen LogP contribution is 2.34. The summed E-state index contributed by atoms with van der Waals surface area (Å²) in [5.74, 6) is -0.364. The van der Waals surface area contributed by atoms with Gasteiger partial charge in [0, 0.05) is 77.0 Å². The third-order valence-electron chi connectivity index (χ3n) is 8.64. The van der Waals surface area contributed by atoms with Gasteiger partial charge in [-0.2, -0.15) is 0 Å². The van der Waals surface area contributed by atoms with E-state index in [0.29, 0.717) is 19.4 Å². The minimum atomic E-state index is -0.139. The van der Waals surface area contributed by atoms with Crippen molar-refractivity contribution in [3.05, 3.63) is 54.3 Å². The molecule has 3 aliphatic rings. The maximum atomic E-state index is 12.9. The zero-order valence-electron chi connectivity index (χ0n) is 24.0. The second-order valence-electron chi connectivity index (χ2n) is 11.4. The Kier molecular flexibility index (Phi) is 8.99. The number of aromatic nitrogens is 4. The number of ether oxygens (including phenoxy) is 1. The molecule has 2 aliphatic heterocycles. The quantitative estimate of drug-likeness (QED) is 0.224. The first-order valence-electron chi connectivity index (χ1n) is 15.1. The van der Waals surface area contributed by atoms with E-state index in [1.165, 1.54) is 0 Å². The molecule has 1 saturated carbocycles. The number of carbonyl (C=O) groups is 2. The van der Waals surface area contributed by atoms with Crippen molar-refractivity contribution in [2.45, 2.75) is 44.2 Å². The van der Waals surface area contributed by atoms with Crippen LogP contribution in [-0.2, 0) is 14.3 Å². The number of fused-ring (bicyclic) bond motifs is 1. The lowest BCUT2D eigenvalue weighted by Gasteiger charge is -2.34. The molecule has 11 heteroatoms. The van der Waals surface area contributed by atoms with Crippen LogP contribution < -0.4 is 5.32 Å². The number of nitrogens with one attached hydrogen (secondary N) is 1. The average molecular weight is 574 g/mol. The Hall–Kier alpha value is -3.51. The summed E-state index contributed by atoms with van der Waals surface area (Å²) in [7, 11) is 0. The second-order valence-corrected chi connectivity index (χ2v) is 11.4. The number of aliphatic hydroxyl groups is 1. The molecule has 222 valence electrons. The van der Waals surface area contributed by atoms with E-state index in [0.717, 1.165) is 93.1 Å². The van der Waals surface area contributed by atoms with E-state index >= 15 is 0 Å². The van der Waals surface area contributed by atoms with Crippen LogP contribution >= 0.6 is 0 Å². The lowest BCUT2D eigenvalue weighted by atomic mass is 9.80. The fraction of sp³-hybridized carbons (Fsp3) is 0.516. The van der Waals surface area contributed by atoms with Crippen molar-refractivity contribution in [1.82, 2.24) is 34.6 Å². The zero-order chi connectivity index (χ0) is 28.9. The number of hydrogen-bond acceptors (Lipinski definition) is 10. The number of rotatable bonds is 9. The summed E-state index contributed by atoms with van der Waals surface area (Å²) >= 11 is 0. The molecule has 0 bridgehead atoms. The molecule has 11 nitrogen and oxygen atoms in total. The minimum Gasteiger partial charge on any atom is -0.395 e. The van der Waals surface area contributed by atoms with Crippen molar-refractivity contribution in [2.75, 3.05) is 59.0 Å². The molecule has 42 heavy (non-hydrogen) atoms. The number of Topliss-reactive ketones (excluding diaryl/α,β-unsaturated/α-hetero) is 2. The van der Waals surface area contributed by atoms with Crippen molar-refractivity contribution in [1.29, 1.82) is 0 Å². The molecule has 4 heterocycles. The SMILES string of the molecule is O=C1CC(c2ccc(-c3ncnc4c3ncn4C3CCCCO3)cc2)CC(=O)C1=CNCCN1CCN(CCO)CC1. The average Bonchev–Trinajstić information content (AvgIpc) is 3.46. The largest absolute Gasteiger partial charge is 0.395 e. The van der Waals surface area contributed by atoms with Crippen molar-refractivity contribution in [3.8, 4) is 11.3 Å². The molecule has 3 fully saturated rings. The number of nitrogens with zero attached hydrogens (tertiary/aromatic N) is 6. The molecular weight excluding hydrogens is 534 g/mol. The van der Waals surface area contributed by atoms with Gasteiger partial charge in [-0.25, -0.2) is 15.0 Å². The first-order chi connectivity index (χ1) is 20.6. The Morgan fingerprint density at radius 1 is 0.952 bits per heavy atom. The Morgan fingerprint density at radius 3 is 2.38 bits per heavy atom. The van der Waals surface area contributed by atoms with Gasteiger partial charge >= 0.3 is 0 Å². The van der Waals surface area contributed by atoms with E-state index in [4.69, 9.17) is 9.84 Å². The van der Waals surface area contributed by atoms with Crippen molar-refractivity contribution in [2.24, 2.45) is 0 Å². The van der Waals surface area contributed by atoms with Gasteiger partial charge in [-0.3, -0.25) is 24.0 Å². The molecule has 2 N–H and O–H groups in total. The third kappa shape index (κ3) is 6.29. The topological polar surface area (TPSA) is 126 Å². The molecule has 1 unspecified atom stereocenters. The summed E-state index contributed by atoms with van der Waals surface area (Å²) < 4.78 is 7.93. The highest BCUT2D eigenvalue weighted by molar-refractivity contribution is 6.22. The van der Waals surface area contributed by atoms with Gasteiger partial charge in [0.1, 0.15) is 23.8 Å². The Bertz CT molecular complexity index is 1400. The third-order valence-corrected chi connectivity index (χ3v) is 8.64. The number of benzene rings is 1. The Morgan fingerprint density at radius 2 is 1.69 bits per heavy atom. The van der Waals surface area contributed by atoms with E-state index in [2.05, 4.69) is 30.1 Å². The summed E-state index contributed by atoms with van der Waals surface area (Å²) in [6.07, 6.45) is 8.68. The van der Waals surface area contributed by atoms with Crippen LogP contribution in [0, 0.1) is 0 Å². The first kappa shape index (κ1) is 28.6. The fourth-order valence-corrected chi connectivity index (χ4v) is 6.20. The lowest BCUT2D eigenvalue weighted by molar-refractivity contribution is -0.124. The molecule has 1 atom stereocenters. The van der Waals surface area contributed by atoms with Crippen molar-refractivity contribution < 1.29 is 19.4 Å². The predicted molar refractivity (Wildman–Crippen MR) is 158 cm³/mol. The molecule has 1 aliphatic carbocycles. The summed E-state index contributed by atoms with van der Waals surface area (Å²) in [6, 6.07) is 7.95. The molecule has 0 spiro atoms. The highest BCUT2D eigenvalue weighted by atomic mass is 16.5. The van der Waals surface area contributed by atoms with Gasteiger partial charge in [0.2, 0.25) is 0 Å². The monoisotopic (exact) mass is 573 g/mol. The molecule has 0 radical (unpaired) electrons. The van der Waals surface area contributed by atoms with Crippen LogP contribution in [0.25, 0.3) is 22.4 Å². The molecule has 2 saturated heterocycles. The van der Waals surface area contributed by atoms with Crippen LogP contribution in [0.3, 0.4) is 0 Å². The van der Waals surface area contributed by atoms with Gasteiger partial charge in [-0.05, 0) is 30.7 Å². The molecule has 1 aromatic carbocycles. The van der Waals surface area contributed by atoms with Gasteiger partial charge in [0.25, 0.3) is 0 Å². The molecule has 0 amide bonds. The van der Waals surface area contributed by atoms with Gasteiger partial charge in [-0.15, -0.1) is 0 Å². The van der Waals surface area contributed by atoms with Crippen LogP contribution in [0.1, 0.15) is 49.8 Å². The number of ketones is 2. The van der Waals surface area contributed by atoms with Gasteiger partial charge in [0.05, 0.1) is 18.5 Å². The standard InChI is InChI=1S/C31H39N7O4/c39-15-14-37-12-10-36(11-13-37)9-8-32-19-25-26(40)17-24(18-27(25)41)22-4-6-23(7-5-22)29-30-31(34-20-33-29)38(21-35-30)28-3-1-2-16-42-28/h4-7,19-21,24,28,32,39H,1-3,8-18H2. The highest BCUT2D eigenvalue weighted by Gasteiger charge is 2.31. The van der Waals surface area contributed by atoms with Crippen molar-refractivity contribution in [3.63, 3.8) is 0 Å². The maximum absolute atomic E-state index is 12.9. The normalized spacial score (nSPS) is 22.5. The lowest BCUT2D eigenvalue weighted by Crippen LogP contribution is -2.48. The van der Waals surface area contributed by atoms with Gasteiger partial charge in [0.15, 0.2) is 17.2 Å². The number of carbonyl (C=O) groups excluding carboxylic acids is 2. The van der Waals surface area contributed by atoms with E-state index in [9.17, 15) is 9.59 Å². The summed E-state index contributed by atoms with van der Waals surface area (Å²) in [4.78, 5) is 44.1. The van der Waals surface area contributed by atoms with E-state index < -0.39 is 0 Å². The number of allylic oxidation sites excluding steroid dienone is 1. The smallest absolute Gasteiger partial charge is 0.168 e. The number of piperazine rings is 1. The second kappa shape index (κ2) is 13.2. The van der Waals surface area contributed by atoms with Crippen LogP contribution in [0.5, 0.6) is 0 Å². The molecule has 2 aromatic heterocycles. The van der Waals surface area contributed by atoms with E-state index in [-0.39, 0.29) is 35.9 Å². The number of aliphatic hydroxyl groups excluding tert-OH is 1. The zero-order valence-corrected chi connectivity index (χ0v) is 24.0. The number of imidazole rings is 1. The fourth-order valence-electron chi connectivity index (χ4n) is 6.20. The summed E-state index contributed by atoms with van der Waals surface area (Å²) in [5.41, 5.74) is 4.40. The van der Waals surface area contributed by atoms with E-state index in [1.54, 1.807) is 18.9 Å². The minimum absolute atomic E-state index is 0.0524. The summed E-state index contributed by atoms with van der Waals surface area (Å²) in [5, 5.41) is 12.3. The molecular formula is C31H39N7O4. The molecule has 3 aromatic rings. The van der Waals surface area contributed by atoms with Crippen LogP contribution in [0.15, 0.2) is 48.7 Å². The van der Waals surface area contributed by atoms with Crippen molar-refractivity contribution >= 4 is 22.7 Å². The number of β-amino-alcohol motifs (C(OH)–C–C–N with tert-alkyl or cyclic N) is 1. The predicted octanol–water partition coefficient (Wildman–Crippen LogP) is 2.29. The van der Waals surface area contributed by atoms with Crippen LogP contribution in [-0.4, -0.2) is 105 Å². The van der Waals surface area contributed by atoms with Crippen LogP contribution in [0.2, 0.25) is 0 Å². The van der Waals surface area contributed by atoms with Crippen LogP contribution in [0.4, 0.5) is 0 Å². The first-order valence-corrected chi connectivity index (χ1v) is 15.1.